The van der Waals surface area contributed by atoms with E-state index in [9.17, 15) is 0 Å². The molecule has 1 aliphatic rings. The number of benzene rings is 2. The number of para-hydroxylation sites is 1. The number of ether oxygens (including phenoxy) is 1. The fourth-order valence-corrected chi connectivity index (χ4v) is 2.28. The van der Waals surface area contributed by atoms with Crippen molar-refractivity contribution in [2.75, 3.05) is 0 Å². The van der Waals surface area contributed by atoms with E-state index in [1.165, 1.54) is 11.1 Å². The standard InChI is InChI=1S/C16H12OS/c18-16-11-13-7-5-4-6-12(13)10-15(16)17-14-8-2-1-3-9-14/h1-10H,11H2. The molecule has 0 unspecified atom stereocenters. The maximum absolute atomic E-state index is 5.84. The van der Waals surface area contributed by atoms with Crippen LogP contribution in [0.15, 0.2) is 60.4 Å². The van der Waals surface area contributed by atoms with Crippen LogP contribution < -0.4 is 4.74 Å². The van der Waals surface area contributed by atoms with Crippen molar-refractivity contribution in [1.29, 1.82) is 0 Å². The van der Waals surface area contributed by atoms with Crippen LogP contribution in [0.4, 0.5) is 0 Å². The lowest BCUT2D eigenvalue weighted by atomic mass is 9.96. The highest BCUT2D eigenvalue weighted by Gasteiger charge is 2.16. The molecular weight excluding hydrogens is 240 g/mol. The lowest BCUT2D eigenvalue weighted by Gasteiger charge is -2.17. The lowest BCUT2D eigenvalue weighted by molar-refractivity contribution is 0.458. The van der Waals surface area contributed by atoms with Crippen LogP contribution >= 0.6 is 12.2 Å². The van der Waals surface area contributed by atoms with E-state index >= 15 is 0 Å². The second-order valence-electron chi connectivity index (χ2n) is 4.22. The Morgan fingerprint density at radius 1 is 0.889 bits per heavy atom. The quantitative estimate of drug-likeness (QED) is 0.746. The number of fused-ring (bicyclic) bond motifs is 1. The molecule has 2 aromatic rings. The predicted octanol–water partition coefficient (Wildman–Crippen LogP) is 4.03. The van der Waals surface area contributed by atoms with Crippen LogP contribution in [0, 0.1) is 0 Å². The van der Waals surface area contributed by atoms with Gasteiger partial charge in [-0.3, -0.25) is 0 Å². The average Bonchev–Trinajstić information content (AvgIpc) is 2.41. The molecule has 0 fully saturated rings. The van der Waals surface area contributed by atoms with Crippen LogP contribution in [0.25, 0.3) is 6.08 Å². The van der Waals surface area contributed by atoms with E-state index in [0.29, 0.717) is 0 Å². The van der Waals surface area contributed by atoms with E-state index in [2.05, 4.69) is 12.1 Å². The van der Waals surface area contributed by atoms with E-state index < -0.39 is 0 Å². The molecule has 18 heavy (non-hydrogen) atoms. The Balaban J connectivity index is 1.93. The summed E-state index contributed by atoms with van der Waals surface area (Å²) in [6.45, 7) is 0. The van der Waals surface area contributed by atoms with Crippen LogP contribution in [0.2, 0.25) is 0 Å². The molecule has 0 N–H and O–H groups in total. The fraction of sp³-hybridized carbons (Fsp3) is 0.0625. The van der Waals surface area contributed by atoms with Crippen molar-refractivity contribution >= 4 is 23.2 Å². The summed E-state index contributed by atoms with van der Waals surface area (Å²) in [6.07, 6.45) is 2.80. The van der Waals surface area contributed by atoms with Gasteiger partial charge in [-0.25, -0.2) is 0 Å². The molecular formula is C16H12OS. The van der Waals surface area contributed by atoms with E-state index in [1.807, 2.05) is 48.5 Å². The minimum absolute atomic E-state index is 0.782. The first-order chi connectivity index (χ1) is 8.83. The van der Waals surface area contributed by atoms with Crippen molar-refractivity contribution in [3.8, 4) is 5.75 Å². The van der Waals surface area contributed by atoms with E-state index in [1.54, 1.807) is 0 Å². The van der Waals surface area contributed by atoms with Gasteiger partial charge >= 0.3 is 0 Å². The van der Waals surface area contributed by atoms with Gasteiger partial charge in [0.1, 0.15) is 11.5 Å². The van der Waals surface area contributed by atoms with Crippen LogP contribution in [-0.2, 0) is 6.42 Å². The second kappa shape index (κ2) is 4.75. The molecule has 0 aromatic heterocycles. The summed E-state index contributed by atoms with van der Waals surface area (Å²) in [5.74, 6) is 1.61. The van der Waals surface area contributed by atoms with Crippen molar-refractivity contribution in [3.05, 3.63) is 71.5 Å². The first-order valence-corrected chi connectivity index (χ1v) is 6.29. The van der Waals surface area contributed by atoms with E-state index in [-0.39, 0.29) is 0 Å². The summed E-state index contributed by atoms with van der Waals surface area (Å²) < 4.78 is 5.84. The molecule has 2 aromatic carbocycles. The molecule has 0 bridgehead atoms. The van der Waals surface area contributed by atoms with Crippen molar-refractivity contribution < 1.29 is 4.74 Å². The third-order valence-electron chi connectivity index (χ3n) is 2.94. The maximum atomic E-state index is 5.84. The first-order valence-electron chi connectivity index (χ1n) is 5.88. The van der Waals surface area contributed by atoms with Crippen molar-refractivity contribution in [2.24, 2.45) is 0 Å². The Labute approximate surface area is 112 Å². The van der Waals surface area contributed by atoms with Gasteiger partial charge in [0.25, 0.3) is 0 Å². The molecule has 0 heterocycles. The highest BCUT2D eigenvalue weighted by atomic mass is 32.1. The summed E-state index contributed by atoms with van der Waals surface area (Å²) in [5, 5.41) is 0. The SMILES string of the molecule is S=C1Cc2ccccc2C=C1Oc1ccccc1. The predicted molar refractivity (Wildman–Crippen MR) is 77.8 cm³/mol. The Kier molecular flexibility index (Phi) is 2.95. The van der Waals surface area contributed by atoms with Gasteiger partial charge in [-0.15, -0.1) is 0 Å². The lowest BCUT2D eigenvalue weighted by Crippen LogP contribution is -2.14. The van der Waals surface area contributed by atoms with Crippen molar-refractivity contribution in [3.63, 3.8) is 0 Å². The minimum atomic E-state index is 0.782. The van der Waals surface area contributed by atoms with Crippen LogP contribution in [0.5, 0.6) is 5.75 Å². The molecule has 3 rings (SSSR count). The molecule has 0 saturated carbocycles. The van der Waals surface area contributed by atoms with Gasteiger partial charge in [-0.1, -0.05) is 54.7 Å². The first kappa shape index (κ1) is 11.2. The van der Waals surface area contributed by atoms with E-state index in [4.69, 9.17) is 17.0 Å². The van der Waals surface area contributed by atoms with Crippen LogP contribution in [-0.4, -0.2) is 4.86 Å². The second-order valence-corrected chi connectivity index (χ2v) is 4.72. The monoisotopic (exact) mass is 252 g/mol. The average molecular weight is 252 g/mol. The number of thiocarbonyl (C=S) groups is 1. The normalized spacial score (nSPS) is 13.8. The third kappa shape index (κ3) is 2.20. The topological polar surface area (TPSA) is 9.23 Å². The molecule has 0 atom stereocenters. The number of rotatable bonds is 2. The number of hydrogen-bond acceptors (Lipinski definition) is 2. The Morgan fingerprint density at radius 2 is 1.61 bits per heavy atom. The summed E-state index contributed by atoms with van der Waals surface area (Å²) in [7, 11) is 0. The Hall–Kier alpha value is -1.93. The molecule has 2 heteroatoms. The van der Waals surface area contributed by atoms with Gasteiger partial charge in [0, 0.05) is 6.42 Å². The van der Waals surface area contributed by atoms with Gasteiger partial charge in [-0.2, -0.15) is 0 Å². The van der Waals surface area contributed by atoms with E-state index in [0.717, 1.165) is 22.8 Å². The number of allylic oxidation sites excluding steroid dienone is 1. The van der Waals surface area contributed by atoms with Crippen molar-refractivity contribution in [2.45, 2.75) is 6.42 Å². The molecule has 0 aliphatic heterocycles. The molecule has 0 saturated heterocycles. The maximum Gasteiger partial charge on any atom is 0.142 e. The molecule has 1 nitrogen and oxygen atoms in total. The van der Waals surface area contributed by atoms with Crippen LogP contribution in [0.3, 0.4) is 0 Å². The summed E-state index contributed by atoms with van der Waals surface area (Å²) in [6, 6.07) is 18.0. The zero-order chi connectivity index (χ0) is 12.4. The van der Waals surface area contributed by atoms with Gasteiger partial charge in [0.2, 0.25) is 0 Å². The van der Waals surface area contributed by atoms with Gasteiger partial charge < -0.3 is 4.74 Å². The third-order valence-corrected chi connectivity index (χ3v) is 3.28. The van der Waals surface area contributed by atoms with Gasteiger partial charge in [-0.05, 0) is 29.3 Å². The smallest absolute Gasteiger partial charge is 0.142 e. The van der Waals surface area contributed by atoms with Gasteiger partial charge in [0.15, 0.2) is 0 Å². The molecule has 1 aliphatic carbocycles. The van der Waals surface area contributed by atoms with Crippen LogP contribution in [0.1, 0.15) is 11.1 Å². The van der Waals surface area contributed by atoms with Gasteiger partial charge in [0.05, 0.1) is 4.86 Å². The molecule has 0 amide bonds. The Morgan fingerprint density at radius 3 is 2.44 bits per heavy atom. The summed E-state index contributed by atoms with van der Waals surface area (Å²) >= 11 is 5.41. The zero-order valence-electron chi connectivity index (χ0n) is 9.80. The summed E-state index contributed by atoms with van der Waals surface area (Å²) in [4.78, 5) is 0.859. The largest absolute Gasteiger partial charge is 0.456 e. The minimum Gasteiger partial charge on any atom is -0.456 e. The zero-order valence-corrected chi connectivity index (χ0v) is 10.6. The Bertz CT molecular complexity index is 614. The molecule has 0 spiro atoms. The molecule has 88 valence electrons. The fourth-order valence-electron chi connectivity index (χ4n) is 2.02. The highest BCUT2D eigenvalue weighted by molar-refractivity contribution is 7.80. The highest BCUT2D eigenvalue weighted by Crippen LogP contribution is 2.24. The van der Waals surface area contributed by atoms with Crippen molar-refractivity contribution in [1.82, 2.24) is 0 Å². The number of hydrogen-bond donors (Lipinski definition) is 0. The molecule has 0 radical (unpaired) electrons. The summed E-state index contributed by atoms with van der Waals surface area (Å²) in [5.41, 5.74) is 2.46.